The number of aromatic carboxylic acids is 1. The average Bonchev–Trinajstić information content (AvgIpc) is 2.37. The molecule has 0 unspecified atom stereocenters. The molecule has 104 valence electrons. The van der Waals surface area contributed by atoms with Crippen LogP contribution >= 0.6 is 0 Å². The summed E-state index contributed by atoms with van der Waals surface area (Å²) < 4.78 is 26.7. The molecule has 0 bridgehead atoms. The number of carbonyl (C=O) groups is 1. The van der Waals surface area contributed by atoms with E-state index < -0.39 is 17.6 Å². The molecule has 6 heteroatoms. The summed E-state index contributed by atoms with van der Waals surface area (Å²) in [5, 5.41) is 9.57. The van der Waals surface area contributed by atoms with Gasteiger partial charge in [-0.05, 0) is 13.1 Å². The zero-order valence-corrected chi connectivity index (χ0v) is 10.8. The zero-order valence-electron chi connectivity index (χ0n) is 10.8. The number of carboxylic acids is 1. The highest BCUT2D eigenvalue weighted by Gasteiger charge is 2.25. The molecule has 1 aromatic heterocycles. The van der Waals surface area contributed by atoms with E-state index in [1.165, 1.54) is 0 Å². The van der Waals surface area contributed by atoms with E-state index in [1.807, 2.05) is 11.9 Å². The van der Waals surface area contributed by atoms with E-state index in [1.54, 1.807) is 0 Å². The molecule has 4 nitrogen and oxygen atoms in total. The van der Waals surface area contributed by atoms with Gasteiger partial charge in [-0.25, -0.2) is 13.6 Å². The smallest absolute Gasteiger partial charge is 0.336 e. The van der Waals surface area contributed by atoms with Crippen molar-refractivity contribution >= 4 is 16.9 Å². The number of aromatic nitrogens is 1. The van der Waals surface area contributed by atoms with Gasteiger partial charge in [0.05, 0.1) is 11.1 Å². The quantitative estimate of drug-likeness (QED) is 0.869. The molecule has 1 aromatic carbocycles. The van der Waals surface area contributed by atoms with Crippen LogP contribution in [0.1, 0.15) is 21.6 Å². The van der Waals surface area contributed by atoms with Crippen LogP contribution in [0.3, 0.4) is 0 Å². The molecule has 3 rings (SSSR count). The van der Waals surface area contributed by atoms with Gasteiger partial charge in [-0.15, -0.1) is 0 Å². The number of fused-ring (bicyclic) bond motifs is 2. The first-order valence-electron chi connectivity index (χ1n) is 6.19. The first-order chi connectivity index (χ1) is 9.47. The highest BCUT2D eigenvalue weighted by atomic mass is 19.2. The summed E-state index contributed by atoms with van der Waals surface area (Å²) in [7, 11) is 1.88. The molecule has 1 N–H and O–H groups in total. The molecule has 0 spiro atoms. The number of benzene rings is 1. The van der Waals surface area contributed by atoms with Crippen molar-refractivity contribution in [3.63, 3.8) is 0 Å². The molecule has 2 aromatic rings. The third-order valence-corrected chi connectivity index (χ3v) is 3.59. The lowest BCUT2D eigenvalue weighted by Crippen LogP contribution is -2.29. The number of pyridine rings is 1. The monoisotopic (exact) mass is 278 g/mol. The van der Waals surface area contributed by atoms with Gasteiger partial charge in [-0.1, -0.05) is 0 Å². The summed E-state index contributed by atoms with van der Waals surface area (Å²) in [5.74, 6) is -3.23. The Balaban J connectivity index is 2.39. The van der Waals surface area contributed by atoms with Crippen molar-refractivity contribution in [2.45, 2.75) is 13.0 Å². The van der Waals surface area contributed by atoms with E-state index in [0.29, 0.717) is 24.2 Å². The van der Waals surface area contributed by atoms with Crippen molar-refractivity contribution in [3.8, 4) is 0 Å². The fourth-order valence-corrected chi connectivity index (χ4v) is 2.62. The first-order valence-corrected chi connectivity index (χ1v) is 6.19. The topological polar surface area (TPSA) is 53.4 Å². The van der Waals surface area contributed by atoms with Crippen LogP contribution in [0.4, 0.5) is 8.78 Å². The van der Waals surface area contributed by atoms with Crippen LogP contribution in [0.2, 0.25) is 0 Å². The maximum Gasteiger partial charge on any atom is 0.336 e. The van der Waals surface area contributed by atoms with Gasteiger partial charge >= 0.3 is 5.97 Å². The molecule has 0 saturated heterocycles. The molecule has 20 heavy (non-hydrogen) atoms. The summed E-state index contributed by atoms with van der Waals surface area (Å²) in [6.07, 6.45) is 0.598. The minimum absolute atomic E-state index is 0.0236. The largest absolute Gasteiger partial charge is 0.478 e. The Bertz CT molecular complexity index is 731. The molecular formula is C14H12F2N2O2. The lowest BCUT2D eigenvalue weighted by atomic mass is 9.96. The summed E-state index contributed by atoms with van der Waals surface area (Å²) in [4.78, 5) is 17.8. The number of hydrogen-bond donors (Lipinski definition) is 1. The van der Waals surface area contributed by atoms with Gasteiger partial charge in [0.1, 0.15) is 0 Å². The third-order valence-electron chi connectivity index (χ3n) is 3.59. The second-order valence-electron chi connectivity index (χ2n) is 4.99. The van der Waals surface area contributed by atoms with Gasteiger partial charge in [-0.3, -0.25) is 4.98 Å². The van der Waals surface area contributed by atoms with Gasteiger partial charge in [0.15, 0.2) is 11.6 Å². The Morgan fingerprint density at radius 3 is 2.75 bits per heavy atom. The minimum atomic E-state index is -1.14. The molecule has 0 amide bonds. The van der Waals surface area contributed by atoms with E-state index in [2.05, 4.69) is 4.98 Å². The molecular weight excluding hydrogens is 266 g/mol. The van der Waals surface area contributed by atoms with Crippen molar-refractivity contribution in [1.29, 1.82) is 0 Å². The van der Waals surface area contributed by atoms with Crippen LogP contribution in [-0.2, 0) is 13.0 Å². The maximum atomic E-state index is 13.4. The van der Waals surface area contributed by atoms with Gasteiger partial charge in [-0.2, -0.15) is 0 Å². The van der Waals surface area contributed by atoms with Crippen LogP contribution < -0.4 is 0 Å². The molecule has 2 heterocycles. The molecule has 0 radical (unpaired) electrons. The maximum absolute atomic E-state index is 13.4. The Morgan fingerprint density at radius 2 is 2.05 bits per heavy atom. The van der Waals surface area contributed by atoms with E-state index >= 15 is 0 Å². The predicted octanol–water partition coefficient (Wildman–Crippen LogP) is 2.20. The van der Waals surface area contributed by atoms with Gasteiger partial charge < -0.3 is 10.0 Å². The standard InChI is InChI=1S/C14H12F2N2O2/c1-18-3-2-11-8(6-18)13(14(19)20)7-4-9(15)10(16)5-12(7)17-11/h4-5H,2-3,6H2,1H3,(H,19,20). The molecule has 1 aliphatic heterocycles. The number of nitrogens with zero attached hydrogens (tertiary/aromatic N) is 2. The Labute approximate surface area is 113 Å². The van der Waals surface area contributed by atoms with E-state index in [4.69, 9.17) is 0 Å². The lowest BCUT2D eigenvalue weighted by molar-refractivity contribution is 0.0696. The highest BCUT2D eigenvalue weighted by molar-refractivity contribution is 6.04. The third kappa shape index (κ3) is 1.92. The van der Waals surface area contributed by atoms with Crippen LogP contribution in [0, 0.1) is 11.6 Å². The van der Waals surface area contributed by atoms with Gasteiger partial charge in [0, 0.05) is 42.2 Å². The van der Waals surface area contributed by atoms with Crippen LogP contribution in [0.5, 0.6) is 0 Å². The Kier molecular flexibility index (Phi) is 2.90. The average molecular weight is 278 g/mol. The summed E-state index contributed by atoms with van der Waals surface area (Å²) >= 11 is 0. The van der Waals surface area contributed by atoms with Crippen molar-refractivity contribution in [3.05, 3.63) is 40.6 Å². The zero-order chi connectivity index (χ0) is 14.4. The van der Waals surface area contributed by atoms with Crippen molar-refractivity contribution < 1.29 is 18.7 Å². The highest BCUT2D eigenvalue weighted by Crippen LogP contribution is 2.29. The summed E-state index contributed by atoms with van der Waals surface area (Å²) in [6.45, 7) is 1.20. The summed E-state index contributed by atoms with van der Waals surface area (Å²) in [5.41, 5.74) is 1.45. The minimum Gasteiger partial charge on any atom is -0.478 e. The Hall–Kier alpha value is -2.08. The molecule has 1 aliphatic rings. The first kappa shape index (κ1) is 12.9. The number of carboxylic acid groups (broad SMARTS) is 1. The lowest BCUT2D eigenvalue weighted by Gasteiger charge is -2.26. The molecule has 0 saturated carbocycles. The van der Waals surface area contributed by atoms with Crippen molar-refractivity contribution in [2.75, 3.05) is 13.6 Å². The fraction of sp³-hybridized carbons (Fsp3) is 0.286. The molecule has 0 fully saturated rings. The van der Waals surface area contributed by atoms with E-state index in [0.717, 1.165) is 18.7 Å². The number of halogens is 2. The second kappa shape index (κ2) is 4.49. The van der Waals surface area contributed by atoms with Crippen molar-refractivity contribution in [1.82, 2.24) is 9.88 Å². The number of rotatable bonds is 1. The van der Waals surface area contributed by atoms with Gasteiger partial charge in [0.2, 0.25) is 0 Å². The summed E-state index contributed by atoms with van der Waals surface area (Å²) in [6, 6.07) is 1.87. The van der Waals surface area contributed by atoms with E-state index in [-0.39, 0.29) is 16.5 Å². The fourth-order valence-electron chi connectivity index (χ4n) is 2.62. The molecule has 0 aliphatic carbocycles. The van der Waals surface area contributed by atoms with E-state index in [9.17, 15) is 18.7 Å². The van der Waals surface area contributed by atoms with Crippen LogP contribution in [0.25, 0.3) is 10.9 Å². The van der Waals surface area contributed by atoms with Crippen LogP contribution in [0.15, 0.2) is 12.1 Å². The van der Waals surface area contributed by atoms with Crippen LogP contribution in [-0.4, -0.2) is 34.6 Å². The Morgan fingerprint density at radius 1 is 1.35 bits per heavy atom. The molecule has 0 atom stereocenters. The SMILES string of the molecule is CN1CCc2nc3cc(F)c(F)cc3c(C(=O)O)c2C1. The van der Waals surface area contributed by atoms with Crippen molar-refractivity contribution in [2.24, 2.45) is 0 Å². The number of likely N-dealkylation sites (N-methyl/N-ethyl adjacent to an activating group) is 1. The van der Waals surface area contributed by atoms with Gasteiger partial charge in [0.25, 0.3) is 0 Å². The normalized spacial score (nSPS) is 15.3. The second-order valence-corrected chi connectivity index (χ2v) is 4.99. The predicted molar refractivity (Wildman–Crippen MR) is 68.7 cm³/mol. The number of hydrogen-bond acceptors (Lipinski definition) is 3.